The zero-order valence-corrected chi connectivity index (χ0v) is 46.0. The van der Waals surface area contributed by atoms with Crippen molar-refractivity contribution in [3.8, 4) is 17.2 Å². The van der Waals surface area contributed by atoms with Gasteiger partial charge in [-0.3, -0.25) is 19.2 Å². The minimum atomic E-state index is -1.95. The van der Waals surface area contributed by atoms with Crippen molar-refractivity contribution >= 4 is 35.5 Å². The molecule has 0 aromatic heterocycles. The van der Waals surface area contributed by atoms with E-state index in [0.29, 0.717) is 18.4 Å². The number of ether oxygens (including phenoxy) is 7. The standard InChI is InChI=1S/C59H76N2O16/c1-12-71-53(69)33(7)60-43-38-27-40-56(9,10)77-58(51(38)67,26-22-32(6)52(68)61-34(8)54(70)72-29-35-18-14-13-15-19-35)59(40)42(43)45(64)41-49(74-55-47(66)46(65)44(63)39(28-62)73-55)37-23-25-57(11,24-16-17-30(2)3)75-48(37)36(50(41)76-59)21-20-31(4)5/h13-15,17-20,22-23,25,33-34,38-40,42-44,46-47,55,60,62-63,65-66H,12,16,21,24,26-29H2,1-11H3,(H,61,68)/b32-22-/t33?,34?,38?,39-,40?,42?,43?,44-,46+,47-,55+,57?,58?,59?/m1/s1. The van der Waals surface area contributed by atoms with Crippen molar-refractivity contribution in [3.63, 3.8) is 0 Å². The smallest absolute Gasteiger partial charge is 0.328 e. The van der Waals surface area contributed by atoms with E-state index in [1.165, 1.54) is 6.92 Å². The summed E-state index contributed by atoms with van der Waals surface area (Å²) in [7, 11) is 0. The first-order valence-corrected chi connectivity index (χ1v) is 26.8. The van der Waals surface area contributed by atoms with E-state index in [4.69, 9.17) is 33.2 Å². The van der Waals surface area contributed by atoms with Crippen LogP contribution in [0.25, 0.3) is 6.08 Å². The zero-order valence-electron chi connectivity index (χ0n) is 46.0. The number of fused-ring (bicyclic) bond motifs is 2. The van der Waals surface area contributed by atoms with Gasteiger partial charge in [0.2, 0.25) is 12.2 Å². The van der Waals surface area contributed by atoms with Crippen LogP contribution in [0.15, 0.2) is 71.4 Å². The number of rotatable bonds is 19. The van der Waals surface area contributed by atoms with E-state index >= 15 is 9.59 Å². The van der Waals surface area contributed by atoms with E-state index in [9.17, 15) is 34.8 Å². The normalized spacial score (nSPS) is 32.0. The summed E-state index contributed by atoms with van der Waals surface area (Å²) in [6.07, 6.45) is 1.96. The van der Waals surface area contributed by atoms with Crippen LogP contribution in [0.4, 0.5) is 0 Å². The van der Waals surface area contributed by atoms with Crippen molar-refractivity contribution < 1.29 is 77.6 Å². The Morgan fingerprint density at radius 3 is 2.22 bits per heavy atom. The molecule has 5 fully saturated rings. The highest BCUT2D eigenvalue weighted by atomic mass is 16.7. The molecule has 2 saturated heterocycles. The van der Waals surface area contributed by atoms with Crippen LogP contribution in [0.2, 0.25) is 0 Å². The molecule has 3 saturated carbocycles. The highest BCUT2D eigenvalue weighted by Crippen LogP contribution is 2.70. The molecule has 4 bridgehead atoms. The van der Waals surface area contributed by atoms with Crippen molar-refractivity contribution in [3.05, 3.63) is 93.6 Å². The Morgan fingerprint density at radius 2 is 1.56 bits per heavy atom. The van der Waals surface area contributed by atoms with Crippen LogP contribution < -0.4 is 24.8 Å². The molecular weight excluding hydrogens is 993 g/mol. The highest BCUT2D eigenvalue weighted by molar-refractivity contribution is 6.11. The second-order valence-electron chi connectivity index (χ2n) is 22.7. The van der Waals surface area contributed by atoms with Gasteiger partial charge in [0.1, 0.15) is 71.5 Å². The summed E-state index contributed by atoms with van der Waals surface area (Å²) in [5.41, 5.74) is -2.29. The van der Waals surface area contributed by atoms with Gasteiger partial charge in [-0.25, -0.2) is 4.79 Å². The molecule has 3 aliphatic carbocycles. The summed E-state index contributed by atoms with van der Waals surface area (Å²) >= 11 is 0. The van der Waals surface area contributed by atoms with Gasteiger partial charge in [-0.1, -0.05) is 59.7 Å². The number of carbonyl (C=O) groups excluding carboxylic acids is 5. The Kier molecular flexibility index (Phi) is 16.6. The fourth-order valence-electron chi connectivity index (χ4n) is 12.3. The number of ketones is 2. The van der Waals surface area contributed by atoms with Crippen molar-refractivity contribution in [1.29, 1.82) is 0 Å². The minimum Gasteiger partial charge on any atom is -0.482 e. The Hall–Kier alpha value is -5.73. The molecule has 18 nitrogen and oxygen atoms in total. The number of Topliss-reactive ketones (excluding diaryl/α,β-unsaturated/α-hetero) is 2. The molecule has 2 aromatic carbocycles. The van der Waals surface area contributed by atoms with E-state index in [0.717, 1.165) is 16.7 Å². The van der Waals surface area contributed by atoms with Crippen LogP contribution in [-0.2, 0) is 51.2 Å². The Morgan fingerprint density at radius 1 is 0.870 bits per heavy atom. The average molecular weight is 1070 g/mol. The van der Waals surface area contributed by atoms with Gasteiger partial charge >= 0.3 is 11.9 Å². The minimum absolute atomic E-state index is 0.00587. The third-order valence-corrected chi connectivity index (χ3v) is 16.2. The van der Waals surface area contributed by atoms with Crippen LogP contribution in [0, 0.1) is 17.8 Å². The monoisotopic (exact) mass is 1070 g/mol. The highest BCUT2D eigenvalue weighted by Gasteiger charge is 2.85. The first-order valence-electron chi connectivity index (χ1n) is 26.8. The number of allylic oxidation sites excluding steroid dienone is 4. The van der Waals surface area contributed by atoms with Crippen molar-refractivity contribution in [2.75, 3.05) is 13.2 Å². The molecule has 7 aliphatic rings. The van der Waals surface area contributed by atoms with Crippen molar-refractivity contribution in [2.45, 2.75) is 186 Å². The number of nitrogens with one attached hydrogen (secondary N) is 2. The second-order valence-corrected chi connectivity index (χ2v) is 22.7. The molecule has 4 heterocycles. The molecule has 418 valence electrons. The van der Waals surface area contributed by atoms with Gasteiger partial charge in [-0.15, -0.1) is 0 Å². The molecule has 6 N–H and O–H groups in total. The van der Waals surface area contributed by atoms with E-state index in [-0.39, 0.29) is 66.4 Å². The fourth-order valence-corrected chi connectivity index (χ4v) is 12.3. The first kappa shape index (κ1) is 57.4. The van der Waals surface area contributed by atoms with Crippen LogP contribution in [0.5, 0.6) is 17.2 Å². The van der Waals surface area contributed by atoms with Gasteiger partial charge in [0.15, 0.2) is 22.8 Å². The van der Waals surface area contributed by atoms with Crippen LogP contribution in [-0.4, -0.2) is 134 Å². The maximum atomic E-state index is 16.6. The summed E-state index contributed by atoms with van der Waals surface area (Å²) in [5, 5.41) is 49.6. The molecule has 4 aliphatic heterocycles. The van der Waals surface area contributed by atoms with Crippen LogP contribution in [0.1, 0.15) is 129 Å². The number of hydrogen-bond donors (Lipinski definition) is 6. The van der Waals surface area contributed by atoms with Crippen molar-refractivity contribution in [2.24, 2.45) is 17.8 Å². The third-order valence-electron chi connectivity index (χ3n) is 16.2. The lowest BCUT2D eigenvalue weighted by Gasteiger charge is -2.63. The molecular formula is C59H76N2O16. The Bertz CT molecular complexity index is 2760. The number of hydrogen-bond acceptors (Lipinski definition) is 17. The molecule has 1 amide bonds. The topological polar surface area (TPSA) is 255 Å². The molecule has 9 unspecified atom stereocenters. The van der Waals surface area contributed by atoms with Gasteiger partial charge in [0, 0.05) is 35.4 Å². The summed E-state index contributed by atoms with van der Waals surface area (Å²) in [5.74, 6) is -5.67. The van der Waals surface area contributed by atoms with E-state index in [2.05, 4.69) is 16.7 Å². The summed E-state index contributed by atoms with van der Waals surface area (Å²) < 4.78 is 45.4. The van der Waals surface area contributed by atoms with Gasteiger partial charge in [0.05, 0.1) is 30.3 Å². The van der Waals surface area contributed by atoms with Crippen molar-refractivity contribution in [1.82, 2.24) is 10.6 Å². The quantitative estimate of drug-likeness (QED) is 0.0579. The lowest BCUT2D eigenvalue weighted by molar-refractivity contribution is -0.277. The summed E-state index contributed by atoms with van der Waals surface area (Å²) in [4.78, 5) is 73.0. The second kappa shape index (κ2) is 22.2. The summed E-state index contributed by atoms with van der Waals surface area (Å²) in [6, 6.07) is 5.99. The predicted molar refractivity (Wildman–Crippen MR) is 282 cm³/mol. The number of aliphatic hydroxyl groups is 4. The SMILES string of the molecule is CCOC(=O)C(C)NC1C2CC3C(C)(C)OC(C/C=C(/C)C(=O)NC(C)C(=O)OCc4ccccc4)(C2=O)C32Oc3c(CC=C(C)C)c4c(c(O[C@@H]5O[C@H](CO)[C@@H](O)[C@H](O)[C@H]5O)c3C(=O)C12)C=CC(C)(CCC=C(C)C)O4. The number of esters is 2. The lowest BCUT2D eigenvalue weighted by Crippen LogP contribution is -2.82. The van der Waals surface area contributed by atoms with E-state index in [1.54, 1.807) is 32.9 Å². The van der Waals surface area contributed by atoms with Gasteiger partial charge in [0.25, 0.3) is 0 Å². The fraction of sp³-hybridized carbons (Fsp3) is 0.576. The van der Waals surface area contributed by atoms with Gasteiger partial charge < -0.3 is 64.2 Å². The number of aliphatic hydroxyl groups excluding tert-OH is 4. The third kappa shape index (κ3) is 10.4. The largest absolute Gasteiger partial charge is 0.482 e. The molecule has 0 radical (unpaired) electrons. The van der Waals surface area contributed by atoms with Gasteiger partial charge in [-0.2, -0.15) is 0 Å². The zero-order chi connectivity index (χ0) is 56.1. The molecule has 77 heavy (non-hydrogen) atoms. The molecule has 9 rings (SSSR count). The first-order chi connectivity index (χ1) is 36.3. The average Bonchev–Trinajstić information content (AvgIpc) is 3.53. The molecule has 2 aromatic rings. The molecule has 1 spiro atoms. The van der Waals surface area contributed by atoms with Crippen LogP contribution >= 0.6 is 0 Å². The van der Waals surface area contributed by atoms with Gasteiger partial charge in [-0.05, 0) is 120 Å². The molecule has 14 atom stereocenters. The summed E-state index contributed by atoms with van der Waals surface area (Å²) in [6.45, 7) is 19.1. The number of carbonyl (C=O) groups is 5. The molecule has 18 heteroatoms. The Balaban J connectivity index is 1.31. The van der Waals surface area contributed by atoms with E-state index in [1.807, 2.05) is 91.0 Å². The van der Waals surface area contributed by atoms with E-state index < -0.39 is 125 Å². The lowest BCUT2D eigenvalue weighted by atomic mass is 9.45. The number of amides is 1. The Labute approximate surface area is 450 Å². The van der Waals surface area contributed by atoms with Crippen LogP contribution in [0.3, 0.4) is 0 Å². The maximum Gasteiger partial charge on any atom is 0.328 e. The maximum absolute atomic E-state index is 16.6. The predicted octanol–water partition coefficient (Wildman–Crippen LogP) is 5.48. The number of benzene rings is 2.